The number of unbranched alkanes of at least 4 members (excludes halogenated alkanes) is 6. The average molecular weight is 292 g/mol. The standard InChI is InChI=1S/C19H32O2/c1-2-3-4-5-6-7-8-9-10-11-12-14-17-20-19-16-13-15-18-21-19/h2-3,19H,4,7-18H2,1H3. The maximum absolute atomic E-state index is 5.73. The van der Waals surface area contributed by atoms with Crippen LogP contribution in [0.4, 0.5) is 0 Å². The maximum Gasteiger partial charge on any atom is 0.157 e. The Morgan fingerprint density at radius 3 is 2.62 bits per heavy atom. The van der Waals surface area contributed by atoms with Crippen LogP contribution in [-0.4, -0.2) is 19.5 Å². The van der Waals surface area contributed by atoms with Gasteiger partial charge in [-0.25, -0.2) is 0 Å². The molecule has 0 saturated carbocycles. The van der Waals surface area contributed by atoms with E-state index in [-0.39, 0.29) is 6.29 Å². The van der Waals surface area contributed by atoms with E-state index in [1.807, 2.05) is 6.92 Å². The van der Waals surface area contributed by atoms with Crippen molar-refractivity contribution >= 4 is 0 Å². The highest BCUT2D eigenvalue weighted by atomic mass is 16.7. The summed E-state index contributed by atoms with van der Waals surface area (Å²) >= 11 is 0. The van der Waals surface area contributed by atoms with Gasteiger partial charge in [0.25, 0.3) is 0 Å². The molecule has 1 saturated heterocycles. The van der Waals surface area contributed by atoms with Crippen molar-refractivity contribution in [3.63, 3.8) is 0 Å². The van der Waals surface area contributed by atoms with Crippen molar-refractivity contribution in [2.45, 2.75) is 83.8 Å². The summed E-state index contributed by atoms with van der Waals surface area (Å²) in [7, 11) is 0. The minimum Gasteiger partial charge on any atom is -0.353 e. The van der Waals surface area contributed by atoms with Gasteiger partial charge in [0, 0.05) is 26.1 Å². The van der Waals surface area contributed by atoms with Gasteiger partial charge >= 0.3 is 0 Å². The van der Waals surface area contributed by atoms with Gasteiger partial charge in [0.05, 0.1) is 0 Å². The van der Waals surface area contributed by atoms with E-state index in [0.29, 0.717) is 0 Å². The van der Waals surface area contributed by atoms with E-state index in [4.69, 9.17) is 9.47 Å². The number of hydrogen-bond donors (Lipinski definition) is 0. The number of allylic oxidation sites excluding steroid dienone is 2. The lowest BCUT2D eigenvalue weighted by Crippen LogP contribution is -2.22. The zero-order chi connectivity index (χ0) is 15.0. The number of hydrogen-bond acceptors (Lipinski definition) is 2. The Kier molecular flexibility index (Phi) is 12.3. The highest BCUT2D eigenvalue weighted by Crippen LogP contribution is 2.14. The van der Waals surface area contributed by atoms with Crippen LogP contribution in [0.3, 0.4) is 0 Å². The van der Waals surface area contributed by atoms with Gasteiger partial charge in [0.1, 0.15) is 0 Å². The van der Waals surface area contributed by atoms with Crippen molar-refractivity contribution in [3.8, 4) is 11.8 Å². The van der Waals surface area contributed by atoms with Crippen LogP contribution in [0.5, 0.6) is 0 Å². The molecule has 2 heteroatoms. The second-order valence-corrected chi connectivity index (χ2v) is 5.66. The van der Waals surface area contributed by atoms with E-state index >= 15 is 0 Å². The second-order valence-electron chi connectivity index (χ2n) is 5.66. The molecule has 0 aromatic rings. The van der Waals surface area contributed by atoms with Crippen molar-refractivity contribution in [1.82, 2.24) is 0 Å². The van der Waals surface area contributed by atoms with Gasteiger partial charge in [0.2, 0.25) is 0 Å². The smallest absolute Gasteiger partial charge is 0.157 e. The topological polar surface area (TPSA) is 18.5 Å². The first kappa shape index (κ1) is 18.3. The number of ether oxygens (including phenoxy) is 2. The van der Waals surface area contributed by atoms with Crippen molar-refractivity contribution < 1.29 is 9.47 Å². The second kappa shape index (κ2) is 14.2. The predicted octanol–water partition coefficient (Wildman–Crippen LogP) is 5.23. The molecule has 1 unspecified atom stereocenters. The van der Waals surface area contributed by atoms with E-state index in [1.54, 1.807) is 0 Å². The van der Waals surface area contributed by atoms with Gasteiger partial charge in [-0.1, -0.05) is 43.8 Å². The van der Waals surface area contributed by atoms with Gasteiger partial charge in [0.15, 0.2) is 6.29 Å². The lowest BCUT2D eigenvalue weighted by atomic mass is 10.1. The van der Waals surface area contributed by atoms with E-state index < -0.39 is 0 Å². The molecule has 0 amide bonds. The molecule has 21 heavy (non-hydrogen) atoms. The summed E-state index contributed by atoms with van der Waals surface area (Å²) in [6.07, 6.45) is 17.4. The minimum absolute atomic E-state index is 0.0832. The highest BCUT2D eigenvalue weighted by Gasteiger charge is 2.13. The van der Waals surface area contributed by atoms with E-state index in [9.17, 15) is 0 Å². The minimum atomic E-state index is 0.0832. The molecule has 0 spiro atoms. The fraction of sp³-hybridized carbons (Fsp3) is 0.789. The molecule has 1 aliphatic heterocycles. The monoisotopic (exact) mass is 292 g/mol. The van der Waals surface area contributed by atoms with Crippen LogP contribution in [0.25, 0.3) is 0 Å². The summed E-state index contributed by atoms with van der Waals surface area (Å²) in [5.41, 5.74) is 0. The Labute approximate surface area is 131 Å². The van der Waals surface area contributed by atoms with Crippen LogP contribution >= 0.6 is 0 Å². The Morgan fingerprint density at radius 2 is 1.86 bits per heavy atom. The SMILES string of the molecule is CC=CCC#CCCCCCCCCOC1CCCCO1. The summed E-state index contributed by atoms with van der Waals surface area (Å²) in [6.45, 7) is 3.78. The van der Waals surface area contributed by atoms with Crippen molar-refractivity contribution in [3.05, 3.63) is 12.2 Å². The van der Waals surface area contributed by atoms with Crippen molar-refractivity contribution in [2.75, 3.05) is 13.2 Å². The highest BCUT2D eigenvalue weighted by molar-refractivity contribution is 5.03. The fourth-order valence-corrected chi connectivity index (χ4v) is 2.42. The third-order valence-electron chi connectivity index (χ3n) is 3.72. The molecule has 0 aromatic heterocycles. The van der Waals surface area contributed by atoms with Crippen LogP contribution in [0.1, 0.15) is 77.6 Å². The number of rotatable bonds is 10. The summed E-state index contributed by atoms with van der Waals surface area (Å²) in [4.78, 5) is 0. The zero-order valence-corrected chi connectivity index (χ0v) is 13.7. The maximum atomic E-state index is 5.73. The molecular weight excluding hydrogens is 260 g/mol. The first-order chi connectivity index (χ1) is 10.4. The van der Waals surface area contributed by atoms with Crippen LogP contribution in [0.15, 0.2) is 12.2 Å². The predicted molar refractivity (Wildman–Crippen MR) is 89.1 cm³/mol. The molecule has 0 aliphatic carbocycles. The van der Waals surface area contributed by atoms with Gasteiger partial charge in [-0.2, -0.15) is 0 Å². The Morgan fingerprint density at radius 1 is 1.05 bits per heavy atom. The van der Waals surface area contributed by atoms with Gasteiger partial charge in [-0.15, -0.1) is 5.92 Å². The molecule has 1 aliphatic rings. The van der Waals surface area contributed by atoms with Crippen molar-refractivity contribution in [2.24, 2.45) is 0 Å². The normalized spacial score (nSPS) is 18.6. The fourth-order valence-electron chi connectivity index (χ4n) is 2.42. The molecule has 0 aromatic carbocycles. The zero-order valence-electron chi connectivity index (χ0n) is 13.7. The molecule has 1 rings (SSSR count). The lowest BCUT2D eigenvalue weighted by molar-refractivity contribution is -0.162. The Hall–Kier alpha value is -0.780. The molecule has 120 valence electrons. The molecule has 1 fully saturated rings. The molecule has 1 heterocycles. The first-order valence-corrected chi connectivity index (χ1v) is 8.73. The molecular formula is C19H32O2. The molecule has 1 atom stereocenters. The van der Waals surface area contributed by atoms with Crippen LogP contribution in [-0.2, 0) is 9.47 Å². The summed E-state index contributed by atoms with van der Waals surface area (Å²) in [5.74, 6) is 6.40. The average Bonchev–Trinajstić information content (AvgIpc) is 2.53. The van der Waals surface area contributed by atoms with Crippen LogP contribution < -0.4 is 0 Å². The van der Waals surface area contributed by atoms with Gasteiger partial charge in [-0.3, -0.25) is 0 Å². The Bertz CT molecular complexity index is 305. The summed E-state index contributed by atoms with van der Waals surface area (Å²) in [6, 6.07) is 0. The lowest BCUT2D eigenvalue weighted by Gasteiger charge is -2.22. The Balaban J connectivity index is 1.76. The largest absolute Gasteiger partial charge is 0.353 e. The first-order valence-electron chi connectivity index (χ1n) is 8.73. The van der Waals surface area contributed by atoms with E-state index in [2.05, 4.69) is 24.0 Å². The summed E-state index contributed by atoms with van der Waals surface area (Å²) in [5, 5.41) is 0. The molecule has 2 nitrogen and oxygen atoms in total. The van der Waals surface area contributed by atoms with Crippen LogP contribution in [0, 0.1) is 11.8 Å². The van der Waals surface area contributed by atoms with E-state index in [0.717, 1.165) is 32.5 Å². The van der Waals surface area contributed by atoms with E-state index in [1.165, 1.54) is 51.4 Å². The summed E-state index contributed by atoms with van der Waals surface area (Å²) < 4.78 is 11.3. The molecule has 0 bridgehead atoms. The third-order valence-corrected chi connectivity index (χ3v) is 3.72. The third kappa shape index (κ3) is 11.5. The quantitative estimate of drug-likeness (QED) is 0.312. The van der Waals surface area contributed by atoms with Crippen LogP contribution in [0.2, 0.25) is 0 Å². The molecule has 0 N–H and O–H groups in total. The van der Waals surface area contributed by atoms with Gasteiger partial charge < -0.3 is 9.47 Å². The molecule has 0 radical (unpaired) electrons. The van der Waals surface area contributed by atoms with Gasteiger partial charge in [-0.05, 0) is 39.0 Å². The van der Waals surface area contributed by atoms with Crippen molar-refractivity contribution in [1.29, 1.82) is 0 Å².